The predicted molar refractivity (Wildman–Crippen MR) is 89.5 cm³/mol. The van der Waals surface area contributed by atoms with Crippen LogP contribution < -0.4 is 5.73 Å². The van der Waals surface area contributed by atoms with Crippen molar-refractivity contribution in [3.63, 3.8) is 0 Å². The molecule has 0 aromatic heterocycles. The number of sulfonamides is 2. The first-order valence-corrected chi connectivity index (χ1v) is 10.5. The molecule has 0 spiro atoms. The fraction of sp³-hybridized carbons (Fsp3) is 0.571. The van der Waals surface area contributed by atoms with Crippen LogP contribution in [-0.2, 0) is 24.8 Å². The van der Waals surface area contributed by atoms with Gasteiger partial charge < -0.3 is 10.5 Å². The molecule has 0 amide bonds. The third kappa shape index (κ3) is 3.79. The van der Waals surface area contributed by atoms with Crippen LogP contribution in [0.4, 0.5) is 0 Å². The number of rotatable bonds is 6. The number of ether oxygens (including phenoxy) is 1. The zero-order valence-electron chi connectivity index (χ0n) is 13.8. The largest absolute Gasteiger partial charge is 0.379 e. The summed E-state index contributed by atoms with van der Waals surface area (Å²) in [6.07, 6.45) is 0. The van der Waals surface area contributed by atoms with Crippen molar-refractivity contribution in [2.45, 2.75) is 22.8 Å². The Balaban J connectivity index is 2.27. The summed E-state index contributed by atoms with van der Waals surface area (Å²) in [5, 5.41) is 0. The molecule has 0 radical (unpaired) electrons. The first-order valence-electron chi connectivity index (χ1n) is 7.57. The molecule has 1 aliphatic rings. The van der Waals surface area contributed by atoms with Gasteiger partial charge in [0.25, 0.3) is 0 Å². The van der Waals surface area contributed by atoms with Gasteiger partial charge in [-0.3, -0.25) is 0 Å². The van der Waals surface area contributed by atoms with Gasteiger partial charge in [-0.2, -0.15) is 8.61 Å². The maximum atomic E-state index is 12.5. The highest BCUT2D eigenvalue weighted by atomic mass is 32.2. The maximum Gasteiger partial charge on any atom is 0.243 e. The molecular weight excluding hydrogens is 354 g/mol. The number of morpholine rings is 1. The third-order valence-corrected chi connectivity index (χ3v) is 7.97. The van der Waals surface area contributed by atoms with Crippen molar-refractivity contribution in [2.24, 2.45) is 5.73 Å². The van der Waals surface area contributed by atoms with E-state index in [4.69, 9.17) is 10.5 Å². The summed E-state index contributed by atoms with van der Waals surface area (Å²) < 4.78 is 57.7. The van der Waals surface area contributed by atoms with Crippen LogP contribution in [0.2, 0.25) is 0 Å². The number of benzene rings is 1. The van der Waals surface area contributed by atoms with Crippen molar-refractivity contribution in [1.82, 2.24) is 8.61 Å². The Morgan fingerprint density at radius 3 is 2.12 bits per heavy atom. The number of nitrogens with zero attached hydrogens (tertiary/aromatic N) is 2. The topological polar surface area (TPSA) is 110 Å². The highest BCUT2D eigenvalue weighted by Crippen LogP contribution is 2.21. The summed E-state index contributed by atoms with van der Waals surface area (Å²) in [6.45, 7) is 3.19. The van der Waals surface area contributed by atoms with Crippen LogP contribution in [0, 0.1) is 0 Å². The van der Waals surface area contributed by atoms with Crippen molar-refractivity contribution in [3.8, 4) is 0 Å². The quantitative estimate of drug-likeness (QED) is 0.727. The molecule has 1 aromatic rings. The molecule has 136 valence electrons. The van der Waals surface area contributed by atoms with Gasteiger partial charge in [0.1, 0.15) is 0 Å². The smallest absolute Gasteiger partial charge is 0.243 e. The monoisotopic (exact) mass is 377 g/mol. The Labute approximate surface area is 143 Å². The molecule has 1 fully saturated rings. The van der Waals surface area contributed by atoms with Gasteiger partial charge in [-0.25, -0.2) is 16.8 Å². The summed E-state index contributed by atoms with van der Waals surface area (Å²) in [4.78, 5) is 0.101. The minimum absolute atomic E-state index is 0.0335. The standard InChI is InChI=1S/C14H23N3O5S2/c1-12(11-15)16(2)23(18,19)13-3-5-14(6-4-13)24(20,21)17-7-9-22-10-8-17/h3-6,12H,7-11,15H2,1-2H3. The number of hydrogen-bond donors (Lipinski definition) is 1. The van der Waals surface area contributed by atoms with Gasteiger partial charge in [0, 0.05) is 32.7 Å². The molecule has 24 heavy (non-hydrogen) atoms. The second-order valence-corrected chi connectivity index (χ2v) is 9.53. The van der Waals surface area contributed by atoms with E-state index >= 15 is 0 Å². The molecule has 2 N–H and O–H groups in total. The van der Waals surface area contributed by atoms with E-state index in [9.17, 15) is 16.8 Å². The molecular formula is C14H23N3O5S2. The minimum Gasteiger partial charge on any atom is -0.379 e. The van der Waals surface area contributed by atoms with E-state index in [2.05, 4.69) is 0 Å². The van der Waals surface area contributed by atoms with Crippen LogP contribution in [0.15, 0.2) is 34.1 Å². The van der Waals surface area contributed by atoms with Gasteiger partial charge in [0.15, 0.2) is 0 Å². The molecule has 1 heterocycles. The van der Waals surface area contributed by atoms with E-state index in [0.717, 1.165) is 0 Å². The fourth-order valence-electron chi connectivity index (χ4n) is 2.27. The summed E-state index contributed by atoms with van der Waals surface area (Å²) >= 11 is 0. The average Bonchev–Trinajstić information content (AvgIpc) is 2.61. The lowest BCUT2D eigenvalue weighted by Gasteiger charge is -2.26. The Bertz CT molecular complexity index is 705. The Hall–Kier alpha value is -1.04. The zero-order chi connectivity index (χ0) is 18.0. The van der Waals surface area contributed by atoms with Crippen LogP contribution in [-0.4, -0.2) is 71.4 Å². The van der Waals surface area contributed by atoms with Crippen molar-refractivity contribution < 1.29 is 21.6 Å². The average molecular weight is 377 g/mol. The summed E-state index contributed by atoms with van der Waals surface area (Å²) in [6, 6.07) is 4.90. The molecule has 1 aromatic carbocycles. The molecule has 1 unspecified atom stereocenters. The van der Waals surface area contributed by atoms with E-state index in [0.29, 0.717) is 26.3 Å². The molecule has 0 saturated carbocycles. The van der Waals surface area contributed by atoms with Gasteiger partial charge in [-0.05, 0) is 31.2 Å². The highest BCUT2D eigenvalue weighted by Gasteiger charge is 2.28. The highest BCUT2D eigenvalue weighted by molar-refractivity contribution is 7.89. The van der Waals surface area contributed by atoms with E-state index in [1.165, 1.54) is 39.9 Å². The zero-order valence-corrected chi connectivity index (χ0v) is 15.4. The Morgan fingerprint density at radius 2 is 1.62 bits per heavy atom. The van der Waals surface area contributed by atoms with Gasteiger partial charge in [-0.1, -0.05) is 0 Å². The van der Waals surface area contributed by atoms with Crippen LogP contribution >= 0.6 is 0 Å². The first kappa shape index (κ1) is 19.3. The van der Waals surface area contributed by atoms with E-state index in [1.807, 2.05) is 0 Å². The number of likely N-dealkylation sites (N-methyl/N-ethyl adjacent to an activating group) is 1. The minimum atomic E-state index is -3.71. The van der Waals surface area contributed by atoms with Gasteiger partial charge in [0.2, 0.25) is 20.0 Å². The van der Waals surface area contributed by atoms with Crippen molar-refractivity contribution in [1.29, 1.82) is 0 Å². The lowest BCUT2D eigenvalue weighted by molar-refractivity contribution is 0.0730. The fourth-order valence-corrected chi connectivity index (χ4v) is 5.05. The predicted octanol–water partition coefficient (Wildman–Crippen LogP) is -0.325. The molecule has 2 rings (SSSR count). The lowest BCUT2D eigenvalue weighted by atomic mass is 10.4. The van der Waals surface area contributed by atoms with Crippen molar-refractivity contribution in [3.05, 3.63) is 24.3 Å². The molecule has 0 aliphatic carbocycles. The van der Waals surface area contributed by atoms with Gasteiger partial charge in [0.05, 0.1) is 23.0 Å². The van der Waals surface area contributed by atoms with Crippen molar-refractivity contribution >= 4 is 20.0 Å². The van der Waals surface area contributed by atoms with Crippen LogP contribution in [0.25, 0.3) is 0 Å². The lowest BCUT2D eigenvalue weighted by Crippen LogP contribution is -2.40. The van der Waals surface area contributed by atoms with Crippen molar-refractivity contribution in [2.75, 3.05) is 39.9 Å². The van der Waals surface area contributed by atoms with E-state index < -0.39 is 20.0 Å². The van der Waals surface area contributed by atoms with Crippen LogP contribution in [0.3, 0.4) is 0 Å². The molecule has 1 aliphatic heterocycles. The summed E-state index contributed by atoms with van der Waals surface area (Å²) in [5.74, 6) is 0. The van der Waals surface area contributed by atoms with E-state index in [1.54, 1.807) is 6.92 Å². The summed E-state index contributed by atoms with van der Waals surface area (Å²) in [7, 11) is -5.90. The normalized spacial score (nSPS) is 18.7. The van der Waals surface area contributed by atoms with E-state index in [-0.39, 0.29) is 22.4 Å². The Kier molecular flexibility index (Phi) is 6.00. The van der Waals surface area contributed by atoms with Crippen LogP contribution in [0.5, 0.6) is 0 Å². The number of hydrogen-bond acceptors (Lipinski definition) is 6. The maximum absolute atomic E-state index is 12.5. The van der Waals surface area contributed by atoms with Crippen LogP contribution in [0.1, 0.15) is 6.92 Å². The molecule has 1 saturated heterocycles. The SMILES string of the molecule is CC(CN)N(C)S(=O)(=O)c1ccc(S(=O)(=O)N2CCOCC2)cc1. The second kappa shape index (κ2) is 7.46. The Morgan fingerprint density at radius 1 is 1.12 bits per heavy atom. The molecule has 1 atom stereocenters. The second-order valence-electron chi connectivity index (χ2n) is 5.59. The molecule has 10 heteroatoms. The summed E-state index contributed by atoms with van der Waals surface area (Å²) in [5.41, 5.74) is 5.51. The van der Waals surface area contributed by atoms with Gasteiger partial charge >= 0.3 is 0 Å². The number of nitrogens with two attached hydrogens (primary N) is 1. The molecule has 0 bridgehead atoms. The third-order valence-electron chi connectivity index (χ3n) is 4.07. The molecule has 8 nitrogen and oxygen atoms in total. The van der Waals surface area contributed by atoms with Gasteiger partial charge in [-0.15, -0.1) is 0 Å². The first-order chi connectivity index (χ1) is 11.2.